The van der Waals surface area contributed by atoms with E-state index in [0.717, 1.165) is 62.6 Å². The summed E-state index contributed by atoms with van der Waals surface area (Å²) in [6, 6.07) is 8.84. The van der Waals surface area contributed by atoms with Gasteiger partial charge in [-0.25, -0.2) is 0 Å². The second kappa shape index (κ2) is 8.95. The maximum Gasteiger partial charge on any atom is 0.254 e. The van der Waals surface area contributed by atoms with Gasteiger partial charge in [-0.3, -0.25) is 9.69 Å². The van der Waals surface area contributed by atoms with Gasteiger partial charge in [0.1, 0.15) is 0 Å². The Morgan fingerprint density at radius 3 is 2.56 bits per heavy atom. The lowest BCUT2D eigenvalue weighted by Crippen LogP contribution is -2.48. The number of nitrogens with zero attached hydrogens (tertiary/aromatic N) is 2. The number of rotatable bonds is 5. The van der Waals surface area contributed by atoms with Gasteiger partial charge in [-0.05, 0) is 55.9 Å². The molecule has 0 saturated carbocycles. The molecular formula is C21H30N2O3S. The van der Waals surface area contributed by atoms with Crippen LogP contribution < -0.4 is 0 Å². The van der Waals surface area contributed by atoms with Crippen LogP contribution in [-0.2, 0) is 4.74 Å². The fourth-order valence-electron chi connectivity index (χ4n) is 4.74. The lowest BCUT2D eigenvalue weighted by atomic mass is 9.94. The van der Waals surface area contributed by atoms with Crippen LogP contribution in [0.4, 0.5) is 0 Å². The van der Waals surface area contributed by atoms with Crippen LogP contribution in [0.1, 0.15) is 36.0 Å². The summed E-state index contributed by atoms with van der Waals surface area (Å²) in [6.45, 7) is 4.95. The Hall–Kier alpha value is -1.08. The van der Waals surface area contributed by atoms with Gasteiger partial charge in [0.15, 0.2) is 0 Å². The highest BCUT2D eigenvalue weighted by molar-refractivity contribution is 7.99. The number of benzene rings is 1. The maximum atomic E-state index is 13.2. The molecule has 1 N–H and O–H groups in total. The quantitative estimate of drug-likeness (QED) is 0.783. The second-order valence-electron chi connectivity index (χ2n) is 7.95. The summed E-state index contributed by atoms with van der Waals surface area (Å²) in [4.78, 5) is 19.1. The summed E-state index contributed by atoms with van der Waals surface area (Å²) in [5, 5.41) is 8.95. The minimum Gasteiger partial charge on any atom is -0.396 e. The Kier molecular flexibility index (Phi) is 6.38. The number of carbonyl (C=O) groups excluding carboxylic acids is 1. The lowest BCUT2D eigenvalue weighted by molar-refractivity contribution is 0.0304. The fourth-order valence-corrected chi connectivity index (χ4v) is 5.39. The number of amides is 1. The Labute approximate surface area is 166 Å². The fraction of sp³-hybridized carbons (Fsp3) is 0.667. The molecule has 0 radical (unpaired) electrons. The first-order chi connectivity index (χ1) is 13.2. The summed E-state index contributed by atoms with van der Waals surface area (Å²) in [5.74, 6) is 1.46. The lowest BCUT2D eigenvalue weighted by Gasteiger charge is -2.37. The zero-order valence-corrected chi connectivity index (χ0v) is 16.7. The third kappa shape index (κ3) is 4.50. The molecule has 0 unspecified atom stereocenters. The van der Waals surface area contributed by atoms with Gasteiger partial charge in [-0.1, -0.05) is 0 Å². The van der Waals surface area contributed by atoms with Crippen molar-refractivity contribution in [2.24, 2.45) is 5.92 Å². The number of fused-ring (bicyclic) bond motifs is 4. The molecule has 4 fully saturated rings. The predicted octanol–water partition coefficient (Wildman–Crippen LogP) is 2.49. The van der Waals surface area contributed by atoms with Gasteiger partial charge in [0, 0.05) is 61.1 Å². The molecule has 2 bridgehead atoms. The third-order valence-corrected chi connectivity index (χ3v) is 7.16. The number of carbonyl (C=O) groups is 1. The SMILES string of the molecule is O=C(c1ccc(SCCO)cc1)N1C[C@H]2CC[C@@H]1CN(C1CCOCC1)C2. The van der Waals surface area contributed by atoms with Crippen LogP contribution in [0.25, 0.3) is 0 Å². The molecule has 1 amide bonds. The van der Waals surface area contributed by atoms with Gasteiger partial charge in [-0.2, -0.15) is 0 Å². The molecule has 27 heavy (non-hydrogen) atoms. The molecule has 4 heterocycles. The average Bonchev–Trinajstić information content (AvgIpc) is 3.05. The first-order valence-electron chi connectivity index (χ1n) is 10.2. The van der Waals surface area contributed by atoms with Crippen molar-refractivity contribution in [2.75, 3.05) is 45.2 Å². The Morgan fingerprint density at radius 2 is 1.81 bits per heavy atom. The van der Waals surface area contributed by atoms with Gasteiger partial charge in [0.25, 0.3) is 5.91 Å². The molecular weight excluding hydrogens is 360 g/mol. The maximum absolute atomic E-state index is 13.2. The highest BCUT2D eigenvalue weighted by Crippen LogP contribution is 2.32. The minimum absolute atomic E-state index is 0.172. The first kappa shape index (κ1) is 19.2. The largest absolute Gasteiger partial charge is 0.396 e. The van der Waals surface area contributed by atoms with Crippen molar-refractivity contribution in [3.63, 3.8) is 0 Å². The molecule has 1 aromatic carbocycles. The minimum atomic E-state index is 0.172. The van der Waals surface area contributed by atoms with E-state index in [0.29, 0.717) is 23.8 Å². The van der Waals surface area contributed by atoms with Crippen LogP contribution in [0.15, 0.2) is 29.2 Å². The van der Waals surface area contributed by atoms with Crippen LogP contribution in [0.2, 0.25) is 0 Å². The smallest absolute Gasteiger partial charge is 0.254 e. The van der Waals surface area contributed by atoms with E-state index in [4.69, 9.17) is 9.84 Å². The van der Waals surface area contributed by atoms with E-state index in [-0.39, 0.29) is 12.5 Å². The average molecular weight is 391 g/mol. The van der Waals surface area contributed by atoms with Gasteiger partial charge in [-0.15, -0.1) is 11.8 Å². The van der Waals surface area contributed by atoms with E-state index in [1.54, 1.807) is 11.8 Å². The Morgan fingerprint density at radius 1 is 1.04 bits per heavy atom. The Balaban J connectivity index is 1.43. The number of aliphatic hydroxyl groups excluding tert-OH is 1. The standard InChI is InChI=1S/C21H30N2O3S/c24-9-12-27-20-5-2-17(3-6-20)21(25)23-14-16-1-4-19(23)15-22(13-16)18-7-10-26-11-8-18/h2-3,5-6,16,18-19,24H,1,4,7-15H2/t16-,19+/m0/s1. The zero-order chi connectivity index (χ0) is 18.6. The van der Waals surface area contributed by atoms with Crippen molar-refractivity contribution in [3.05, 3.63) is 29.8 Å². The molecule has 4 saturated heterocycles. The van der Waals surface area contributed by atoms with E-state index in [2.05, 4.69) is 9.80 Å². The van der Waals surface area contributed by atoms with Crippen LogP contribution in [0, 0.1) is 5.92 Å². The zero-order valence-electron chi connectivity index (χ0n) is 15.9. The molecule has 2 atom stereocenters. The summed E-state index contributed by atoms with van der Waals surface area (Å²) in [6.07, 6.45) is 4.62. The predicted molar refractivity (Wildman–Crippen MR) is 107 cm³/mol. The van der Waals surface area contributed by atoms with Crippen molar-refractivity contribution in [3.8, 4) is 0 Å². The molecule has 5 nitrogen and oxygen atoms in total. The van der Waals surface area contributed by atoms with E-state index >= 15 is 0 Å². The van der Waals surface area contributed by atoms with Crippen molar-refractivity contribution in [1.82, 2.24) is 9.80 Å². The number of ether oxygens (including phenoxy) is 1. The normalized spacial score (nSPS) is 26.9. The summed E-state index contributed by atoms with van der Waals surface area (Å²) < 4.78 is 5.54. The summed E-state index contributed by atoms with van der Waals surface area (Å²) in [7, 11) is 0. The molecule has 0 aliphatic carbocycles. The number of hydrogen-bond acceptors (Lipinski definition) is 5. The monoisotopic (exact) mass is 390 g/mol. The van der Waals surface area contributed by atoms with Crippen LogP contribution in [0.5, 0.6) is 0 Å². The Bertz CT molecular complexity index is 633. The first-order valence-corrected chi connectivity index (χ1v) is 11.2. The molecule has 4 aliphatic heterocycles. The summed E-state index contributed by atoms with van der Waals surface area (Å²) >= 11 is 1.62. The number of piperidine rings is 1. The van der Waals surface area contributed by atoms with E-state index in [9.17, 15) is 4.79 Å². The van der Waals surface area contributed by atoms with Crippen LogP contribution in [-0.4, -0.2) is 78.1 Å². The number of thioether (sulfide) groups is 1. The molecule has 5 rings (SSSR count). The van der Waals surface area contributed by atoms with Crippen LogP contribution in [0.3, 0.4) is 0 Å². The van der Waals surface area contributed by atoms with Gasteiger partial charge in [0.05, 0.1) is 6.61 Å². The van der Waals surface area contributed by atoms with Gasteiger partial charge >= 0.3 is 0 Å². The molecule has 6 heteroatoms. The van der Waals surface area contributed by atoms with E-state index in [1.807, 2.05) is 24.3 Å². The molecule has 148 valence electrons. The van der Waals surface area contributed by atoms with E-state index < -0.39 is 0 Å². The van der Waals surface area contributed by atoms with Crippen molar-refractivity contribution >= 4 is 17.7 Å². The van der Waals surface area contributed by atoms with Gasteiger partial charge in [0.2, 0.25) is 0 Å². The second-order valence-corrected chi connectivity index (χ2v) is 9.12. The highest BCUT2D eigenvalue weighted by Gasteiger charge is 2.39. The number of aliphatic hydroxyl groups is 1. The van der Waals surface area contributed by atoms with Crippen LogP contribution >= 0.6 is 11.8 Å². The van der Waals surface area contributed by atoms with Crippen molar-refractivity contribution < 1.29 is 14.6 Å². The topological polar surface area (TPSA) is 53.0 Å². The summed E-state index contributed by atoms with van der Waals surface area (Å²) in [5.41, 5.74) is 0.786. The molecule has 4 aliphatic rings. The molecule has 1 aromatic rings. The number of hydrogen-bond donors (Lipinski definition) is 1. The van der Waals surface area contributed by atoms with Gasteiger partial charge < -0.3 is 14.7 Å². The highest BCUT2D eigenvalue weighted by atomic mass is 32.2. The third-order valence-electron chi connectivity index (χ3n) is 6.17. The van der Waals surface area contributed by atoms with Crippen molar-refractivity contribution in [1.29, 1.82) is 0 Å². The van der Waals surface area contributed by atoms with E-state index in [1.165, 1.54) is 6.42 Å². The molecule has 0 spiro atoms. The van der Waals surface area contributed by atoms with Crippen molar-refractivity contribution in [2.45, 2.75) is 42.7 Å². The molecule has 0 aromatic heterocycles.